The van der Waals surface area contributed by atoms with Gasteiger partial charge in [-0.05, 0) is 60.7 Å². The Kier molecular flexibility index (Phi) is 0.661. The van der Waals surface area contributed by atoms with Gasteiger partial charge in [-0.3, -0.25) is 0 Å². The van der Waals surface area contributed by atoms with Gasteiger partial charge < -0.3 is 0 Å². The SMILES string of the molecule is CC1CC2C3CC3C1C21CC1. The molecule has 0 heterocycles. The van der Waals surface area contributed by atoms with Gasteiger partial charge in [0.15, 0.2) is 0 Å². The Hall–Kier alpha value is 0. The van der Waals surface area contributed by atoms with Gasteiger partial charge in [-0.25, -0.2) is 0 Å². The molecule has 4 aliphatic carbocycles. The summed E-state index contributed by atoms with van der Waals surface area (Å²) in [6.07, 6.45) is 6.45. The van der Waals surface area contributed by atoms with Crippen LogP contribution in [0.15, 0.2) is 0 Å². The van der Waals surface area contributed by atoms with Gasteiger partial charge in [0.1, 0.15) is 0 Å². The van der Waals surface area contributed by atoms with Gasteiger partial charge >= 0.3 is 0 Å². The molecule has 0 N–H and O–H groups in total. The van der Waals surface area contributed by atoms with Crippen LogP contribution in [0, 0.1) is 35.0 Å². The predicted octanol–water partition coefficient (Wildman–Crippen LogP) is 2.69. The van der Waals surface area contributed by atoms with Gasteiger partial charge in [-0.15, -0.1) is 0 Å². The molecule has 0 heteroatoms. The lowest BCUT2D eigenvalue weighted by Gasteiger charge is -2.19. The molecule has 5 unspecified atom stereocenters. The second kappa shape index (κ2) is 1.30. The molecular formula is C11H16. The summed E-state index contributed by atoms with van der Waals surface area (Å²) in [6.45, 7) is 2.51. The highest BCUT2D eigenvalue weighted by Crippen LogP contribution is 2.82. The topological polar surface area (TPSA) is 0 Å². The van der Waals surface area contributed by atoms with Crippen molar-refractivity contribution in [2.24, 2.45) is 35.0 Å². The fourth-order valence-corrected chi connectivity index (χ4v) is 5.00. The molecule has 2 bridgehead atoms. The third-order valence-corrected chi connectivity index (χ3v) is 5.34. The van der Waals surface area contributed by atoms with Crippen LogP contribution in [0.25, 0.3) is 0 Å². The highest BCUT2D eigenvalue weighted by Gasteiger charge is 2.75. The van der Waals surface area contributed by atoms with E-state index in [1.54, 1.807) is 25.7 Å². The molecule has 1 spiro atoms. The van der Waals surface area contributed by atoms with E-state index < -0.39 is 0 Å². The first kappa shape index (κ1) is 5.61. The standard InChI is InChI=1S/C11H16/c1-6-4-9-7-5-8(7)10(6)11(9)2-3-11/h6-10H,2-5H2,1H3. The van der Waals surface area contributed by atoms with Crippen LogP contribution >= 0.6 is 0 Å². The van der Waals surface area contributed by atoms with Crippen LogP contribution in [0.4, 0.5) is 0 Å². The average Bonchev–Trinajstić information content (AvgIpc) is 2.78. The number of rotatable bonds is 0. The van der Waals surface area contributed by atoms with Crippen molar-refractivity contribution >= 4 is 0 Å². The molecule has 0 amide bonds. The van der Waals surface area contributed by atoms with Crippen molar-refractivity contribution in [2.45, 2.75) is 32.6 Å². The summed E-state index contributed by atoms with van der Waals surface area (Å²) in [5.74, 6) is 5.99. The quantitative estimate of drug-likeness (QED) is 0.495. The Morgan fingerprint density at radius 2 is 1.91 bits per heavy atom. The summed E-state index contributed by atoms with van der Waals surface area (Å²) in [5.41, 5.74) is 0.965. The largest absolute Gasteiger partial charge is 0.0622 e. The summed E-state index contributed by atoms with van der Waals surface area (Å²) in [5, 5.41) is 0. The van der Waals surface area contributed by atoms with Crippen molar-refractivity contribution in [3.8, 4) is 0 Å². The second-order valence-corrected chi connectivity index (χ2v) is 5.64. The molecule has 0 aromatic rings. The Bertz CT molecular complexity index is 224. The van der Waals surface area contributed by atoms with Gasteiger partial charge in [-0.1, -0.05) is 6.92 Å². The first-order chi connectivity index (χ1) is 5.33. The van der Waals surface area contributed by atoms with E-state index >= 15 is 0 Å². The Morgan fingerprint density at radius 1 is 1.09 bits per heavy atom. The van der Waals surface area contributed by atoms with Crippen LogP contribution in [0.3, 0.4) is 0 Å². The molecule has 4 aliphatic rings. The lowest BCUT2D eigenvalue weighted by Crippen LogP contribution is -2.14. The molecule has 4 rings (SSSR count). The summed E-state index contributed by atoms with van der Waals surface area (Å²) in [4.78, 5) is 0. The van der Waals surface area contributed by atoms with E-state index in [-0.39, 0.29) is 0 Å². The fraction of sp³-hybridized carbons (Fsp3) is 1.00. The molecule has 0 aromatic heterocycles. The lowest BCUT2D eigenvalue weighted by molar-refractivity contribution is 0.287. The van der Waals surface area contributed by atoms with E-state index in [0.29, 0.717) is 0 Å². The van der Waals surface area contributed by atoms with Crippen LogP contribution in [0.5, 0.6) is 0 Å². The zero-order valence-electron chi connectivity index (χ0n) is 7.22. The van der Waals surface area contributed by atoms with Crippen molar-refractivity contribution < 1.29 is 0 Å². The van der Waals surface area contributed by atoms with E-state index in [2.05, 4.69) is 6.92 Å². The maximum atomic E-state index is 2.51. The summed E-state index contributed by atoms with van der Waals surface area (Å²) in [7, 11) is 0. The molecule has 5 atom stereocenters. The number of fused-ring (bicyclic) bond motifs is 3. The number of hydrogen-bond donors (Lipinski definition) is 0. The summed E-state index contributed by atoms with van der Waals surface area (Å²) in [6, 6.07) is 0. The normalized spacial score (nSPS) is 66.8. The van der Waals surface area contributed by atoms with E-state index in [1.165, 1.54) is 23.7 Å². The van der Waals surface area contributed by atoms with Gasteiger partial charge in [0.05, 0.1) is 0 Å². The van der Waals surface area contributed by atoms with E-state index in [1.807, 2.05) is 0 Å². The zero-order valence-corrected chi connectivity index (χ0v) is 7.22. The van der Waals surface area contributed by atoms with Crippen molar-refractivity contribution in [1.82, 2.24) is 0 Å². The highest BCUT2D eigenvalue weighted by atomic mass is 14.8. The Labute approximate surface area is 68.4 Å². The molecule has 0 nitrogen and oxygen atoms in total. The number of hydrogen-bond acceptors (Lipinski definition) is 0. The summed E-state index contributed by atoms with van der Waals surface area (Å²) >= 11 is 0. The Morgan fingerprint density at radius 3 is 2.45 bits per heavy atom. The van der Waals surface area contributed by atoms with E-state index in [4.69, 9.17) is 0 Å². The van der Waals surface area contributed by atoms with Crippen LogP contribution in [-0.4, -0.2) is 0 Å². The van der Waals surface area contributed by atoms with Gasteiger partial charge in [0.2, 0.25) is 0 Å². The lowest BCUT2D eigenvalue weighted by atomic mass is 9.86. The maximum Gasteiger partial charge on any atom is -0.0232 e. The minimum atomic E-state index is 0.965. The molecule has 0 radical (unpaired) electrons. The molecule has 4 fully saturated rings. The second-order valence-electron chi connectivity index (χ2n) is 5.64. The summed E-state index contributed by atoms with van der Waals surface area (Å²) < 4.78 is 0. The molecule has 0 aliphatic heterocycles. The molecule has 4 saturated carbocycles. The van der Waals surface area contributed by atoms with Gasteiger partial charge in [0, 0.05) is 0 Å². The van der Waals surface area contributed by atoms with Crippen molar-refractivity contribution in [3.63, 3.8) is 0 Å². The minimum absolute atomic E-state index is 0.965. The van der Waals surface area contributed by atoms with E-state index in [0.717, 1.165) is 11.3 Å². The molecule has 60 valence electrons. The molecule has 0 aromatic carbocycles. The van der Waals surface area contributed by atoms with E-state index in [9.17, 15) is 0 Å². The van der Waals surface area contributed by atoms with Crippen LogP contribution in [-0.2, 0) is 0 Å². The van der Waals surface area contributed by atoms with Crippen LogP contribution < -0.4 is 0 Å². The average molecular weight is 148 g/mol. The first-order valence-electron chi connectivity index (χ1n) is 5.33. The van der Waals surface area contributed by atoms with Crippen LogP contribution in [0.2, 0.25) is 0 Å². The predicted molar refractivity (Wildman–Crippen MR) is 44.0 cm³/mol. The Balaban J connectivity index is 1.86. The molecular weight excluding hydrogens is 132 g/mol. The zero-order chi connectivity index (χ0) is 7.22. The third kappa shape index (κ3) is 0.421. The monoisotopic (exact) mass is 148 g/mol. The van der Waals surface area contributed by atoms with Gasteiger partial charge in [0.25, 0.3) is 0 Å². The molecule has 0 saturated heterocycles. The maximum absolute atomic E-state index is 2.51. The molecule has 11 heavy (non-hydrogen) atoms. The smallest absolute Gasteiger partial charge is 0.0232 e. The highest BCUT2D eigenvalue weighted by molar-refractivity contribution is 5.24. The third-order valence-electron chi connectivity index (χ3n) is 5.34. The van der Waals surface area contributed by atoms with Crippen molar-refractivity contribution in [2.75, 3.05) is 0 Å². The van der Waals surface area contributed by atoms with Crippen molar-refractivity contribution in [1.29, 1.82) is 0 Å². The minimum Gasteiger partial charge on any atom is -0.0622 e. The van der Waals surface area contributed by atoms with Gasteiger partial charge in [-0.2, -0.15) is 0 Å². The van der Waals surface area contributed by atoms with Crippen LogP contribution in [0.1, 0.15) is 32.6 Å². The van der Waals surface area contributed by atoms with Crippen molar-refractivity contribution in [3.05, 3.63) is 0 Å². The first-order valence-corrected chi connectivity index (χ1v) is 5.33. The fourth-order valence-electron chi connectivity index (χ4n) is 5.00.